The summed E-state index contributed by atoms with van der Waals surface area (Å²) in [7, 11) is 0. The number of carboxylic acid groups (broad SMARTS) is 1. The van der Waals surface area contributed by atoms with Gasteiger partial charge in [-0.25, -0.2) is 0 Å². The SMILES string of the molecule is C=CCCOC(C)C(=O)N[C@@H]1CC[C@H](C(=O)O)C1. The average Bonchev–Trinajstić information content (AvgIpc) is 2.77. The van der Waals surface area contributed by atoms with E-state index >= 15 is 0 Å². The molecule has 0 aromatic carbocycles. The second kappa shape index (κ2) is 7.16. The fourth-order valence-corrected chi connectivity index (χ4v) is 2.06. The van der Waals surface area contributed by atoms with E-state index in [4.69, 9.17) is 9.84 Å². The van der Waals surface area contributed by atoms with Crippen molar-refractivity contribution in [1.82, 2.24) is 5.32 Å². The maximum absolute atomic E-state index is 11.8. The van der Waals surface area contributed by atoms with Gasteiger partial charge in [0.05, 0.1) is 12.5 Å². The number of rotatable bonds is 7. The van der Waals surface area contributed by atoms with Gasteiger partial charge < -0.3 is 15.2 Å². The summed E-state index contributed by atoms with van der Waals surface area (Å²) in [6.45, 7) is 5.74. The third kappa shape index (κ3) is 4.49. The fourth-order valence-electron chi connectivity index (χ4n) is 2.06. The molecule has 1 fully saturated rings. The van der Waals surface area contributed by atoms with Crippen LogP contribution in [0.4, 0.5) is 0 Å². The lowest BCUT2D eigenvalue weighted by Gasteiger charge is -2.17. The van der Waals surface area contributed by atoms with Crippen molar-refractivity contribution in [3.63, 3.8) is 0 Å². The van der Waals surface area contributed by atoms with Crippen molar-refractivity contribution in [2.75, 3.05) is 6.61 Å². The van der Waals surface area contributed by atoms with Gasteiger partial charge in [-0.05, 0) is 32.6 Å². The molecule has 1 unspecified atom stereocenters. The predicted octanol–water partition coefficient (Wildman–Crippen LogP) is 1.34. The van der Waals surface area contributed by atoms with Crippen molar-refractivity contribution < 1.29 is 19.4 Å². The maximum atomic E-state index is 11.8. The Morgan fingerprint density at radius 2 is 2.28 bits per heavy atom. The number of carbonyl (C=O) groups excluding carboxylic acids is 1. The first-order valence-corrected chi connectivity index (χ1v) is 6.30. The van der Waals surface area contributed by atoms with Crippen LogP contribution in [0.25, 0.3) is 0 Å². The van der Waals surface area contributed by atoms with E-state index < -0.39 is 12.1 Å². The standard InChI is InChI=1S/C13H21NO4/c1-3-4-7-18-9(2)12(15)14-11-6-5-10(8-11)13(16)17/h3,9-11H,1,4-8H2,2H3,(H,14,15)(H,16,17)/t9?,10-,11+/m0/s1. The lowest BCUT2D eigenvalue weighted by atomic mass is 10.1. The fraction of sp³-hybridized carbons (Fsp3) is 0.692. The van der Waals surface area contributed by atoms with E-state index in [1.54, 1.807) is 13.0 Å². The molecule has 0 saturated heterocycles. The molecule has 18 heavy (non-hydrogen) atoms. The molecule has 0 heterocycles. The summed E-state index contributed by atoms with van der Waals surface area (Å²) in [6, 6.07) is -0.0379. The molecule has 102 valence electrons. The minimum Gasteiger partial charge on any atom is -0.481 e. The zero-order valence-corrected chi connectivity index (χ0v) is 10.7. The second-order valence-corrected chi connectivity index (χ2v) is 4.64. The molecule has 0 radical (unpaired) electrons. The minimum atomic E-state index is -0.776. The molecule has 1 amide bonds. The highest BCUT2D eigenvalue weighted by molar-refractivity contribution is 5.80. The van der Waals surface area contributed by atoms with Crippen molar-refractivity contribution in [2.45, 2.75) is 44.8 Å². The number of ether oxygens (including phenoxy) is 1. The summed E-state index contributed by atoms with van der Waals surface area (Å²) in [4.78, 5) is 22.6. The largest absolute Gasteiger partial charge is 0.481 e. The summed E-state index contributed by atoms with van der Waals surface area (Å²) in [5, 5.41) is 11.7. The third-order valence-corrected chi connectivity index (χ3v) is 3.19. The first kappa shape index (κ1) is 14.7. The zero-order chi connectivity index (χ0) is 13.5. The highest BCUT2D eigenvalue weighted by atomic mass is 16.5. The molecule has 2 N–H and O–H groups in total. The van der Waals surface area contributed by atoms with Gasteiger partial charge in [-0.2, -0.15) is 0 Å². The van der Waals surface area contributed by atoms with Crippen molar-refractivity contribution >= 4 is 11.9 Å². The van der Waals surface area contributed by atoms with Crippen LogP contribution in [-0.4, -0.2) is 35.7 Å². The normalized spacial score (nSPS) is 24.5. The lowest BCUT2D eigenvalue weighted by molar-refractivity contribution is -0.141. The Hall–Kier alpha value is -1.36. The summed E-state index contributed by atoms with van der Waals surface area (Å²) in [5.74, 6) is -1.27. The Kier molecular flexibility index (Phi) is 5.85. The van der Waals surface area contributed by atoms with E-state index in [1.165, 1.54) is 0 Å². The average molecular weight is 255 g/mol. The van der Waals surface area contributed by atoms with Crippen LogP contribution in [0.3, 0.4) is 0 Å². The van der Waals surface area contributed by atoms with Crippen molar-refractivity contribution in [3.05, 3.63) is 12.7 Å². The lowest BCUT2D eigenvalue weighted by Crippen LogP contribution is -2.40. The van der Waals surface area contributed by atoms with E-state index in [1.807, 2.05) is 0 Å². The Morgan fingerprint density at radius 3 is 2.83 bits per heavy atom. The van der Waals surface area contributed by atoms with Crippen molar-refractivity contribution in [1.29, 1.82) is 0 Å². The van der Waals surface area contributed by atoms with Crippen LogP contribution < -0.4 is 5.32 Å². The Morgan fingerprint density at radius 1 is 1.56 bits per heavy atom. The first-order valence-electron chi connectivity index (χ1n) is 6.30. The molecule has 1 rings (SSSR count). The quantitative estimate of drug-likeness (QED) is 0.531. The van der Waals surface area contributed by atoms with E-state index in [9.17, 15) is 9.59 Å². The Bertz CT molecular complexity index is 316. The molecule has 0 bridgehead atoms. The first-order chi connectivity index (χ1) is 8.54. The smallest absolute Gasteiger partial charge is 0.306 e. The van der Waals surface area contributed by atoms with Crippen LogP contribution in [0.5, 0.6) is 0 Å². The van der Waals surface area contributed by atoms with Gasteiger partial charge in [-0.3, -0.25) is 9.59 Å². The van der Waals surface area contributed by atoms with Crippen LogP contribution in [-0.2, 0) is 14.3 Å². The van der Waals surface area contributed by atoms with Crippen LogP contribution in [0.2, 0.25) is 0 Å². The second-order valence-electron chi connectivity index (χ2n) is 4.64. The molecule has 1 aliphatic carbocycles. The molecular weight excluding hydrogens is 234 g/mol. The number of carboxylic acids is 1. The van der Waals surface area contributed by atoms with Gasteiger partial charge in [-0.1, -0.05) is 6.08 Å². The van der Waals surface area contributed by atoms with E-state index in [0.717, 1.165) is 6.42 Å². The predicted molar refractivity (Wildman–Crippen MR) is 67.1 cm³/mol. The summed E-state index contributed by atoms with van der Waals surface area (Å²) < 4.78 is 5.33. The maximum Gasteiger partial charge on any atom is 0.306 e. The number of aliphatic carboxylic acids is 1. The molecule has 1 aliphatic rings. The number of nitrogens with one attached hydrogen (secondary N) is 1. The van der Waals surface area contributed by atoms with E-state index in [0.29, 0.717) is 25.9 Å². The summed E-state index contributed by atoms with van der Waals surface area (Å²) >= 11 is 0. The number of hydrogen-bond acceptors (Lipinski definition) is 3. The van der Waals surface area contributed by atoms with Gasteiger partial charge in [0.1, 0.15) is 6.10 Å². The molecular formula is C13H21NO4. The number of carbonyl (C=O) groups is 2. The van der Waals surface area contributed by atoms with E-state index in [2.05, 4.69) is 11.9 Å². The van der Waals surface area contributed by atoms with Crippen molar-refractivity contribution in [3.8, 4) is 0 Å². The molecule has 0 aromatic heterocycles. The van der Waals surface area contributed by atoms with Gasteiger partial charge in [0.2, 0.25) is 5.91 Å². The van der Waals surface area contributed by atoms with Crippen LogP contribution >= 0.6 is 0 Å². The van der Waals surface area contributed by atoms with Gasteiger partial charge in [0, 0.05) is 6.04 Å². The van der Waals surface area contributed by atoms with Gasteiger partial charge >= 0.3 is 5.97 Å². The topological polar surface area (TPSA) is 75.6 Å². The Balaban J connectivity index is 2.28. The molecule has 0 aliphatic heterocycles. The molecule has 3 atom stereocenters. The van der Waals surface area contributed by atoms with Crippen LogP contribution in [0.15, 0.2) is 12.7 Å². The summed E-state index contributed by atoms with van der Waals surface area (Å²) in [6.07, 6.45) is 3.81. The minimum absolute atomic E-state index is 0.0379. The molecule has 0 spiro atoms. The number of amides is 1. The van der Waals surface area contributed by atoms with Crippen molar-refractivity contribution in [2.24, 2.45) is 5.92 Å². The highest BCUT2D eigenvalue weighted by Crippen LogP contribution is 2.25. The van der Waals surface area contributed by atoms with E-state index in [-0.39, 0.29) is 17.9 Å². The summed E-state index contributed by atoms with van der Waals surface area (Å²) in [5.41, 5.74) is 0. The molecule has 1 saturated carbocycles. The molecule has 5 nitrogen and oxygen atoms in total. The molecule has 5 heteroatoms. The highest BCUT2D eigenvalue weighted by Gasteiger charge is 2.31. The third-order valence-electron chi connectivity index (χ3n) is 3.19. The van der Waals surface area contributed by atoms with Gasteiger partial charge in [0.15, 0.2) is 0 Å². The zero-order valence-electron chi connectivity index (χ0n) is 10.7. The monoisotopic (exact) mass is 255 g/mol. The van der Waals surface area contributed by atoms with Gasteiger partial charge in [0.25, 0.3) is 0 Å². The number of hydrogen-bond donors (Lipinski definition) is 2. The van der Waals surface area contributed by atoms with Crippen LogP contribution in [0, 0.1) is 5.92 Å². The van der Waals surface area contributed by atoms with Crippen LogP contribution in [0.1, 0.15) is 32.6 Å². The Labute approximate surface area is 107 Å². The van der Waals surface area contributed by atoms with Gasteiger partial charge in [-0.15, -0.1) is 6.58 Å². The molecule has 0 aromatic rings.